The normalized spacial score (nSPS) is 15.8. The molecule has 0 atom stereocenters. The average molecular weight is 276 g/mol. The zero-order valence-electron chi connectivity index (χ0n) is 11.6. The van der Waals surface area contributed by atoms with Crippen LogP contribution in [0, 0.1) is 0 Å². The summed E-state index contributed by atoms with van der Waals surface area (Å²) >= 11 is 0. The number of carboxylic acid groups (broad SMARTS) is 1. The highest BCUT2D eigenvalue weighted by atomic mass is 16.4. The third-order valence-electron chi connectivity index (χ3n) is 3.73. The van der Waals surface area contributed by atoms with Gasteiger partial charge in [0, 0.05) is 18.2 Å². The Balaban J connectivity index is 2.13. The first-order valence-electron chi connectivity index (χ1n) is 6.98. The molecule has 1 aromatic carbocycles. The second-order valence-electron chi connectivity index (χ2n) is 4.95. The predicted molar refractivity (Wildman–Crippen MR) is 76.0 cm³/mol. The third-order valence-corrected chi connectivity index (χ3v) is 3.73. The van der Waals surface area contributed by atoms with Crippen molar-refractivity contribution in [1.29, 1.82) is 0 Å². The summed E-state index contributed by atoms with van der Waals surface area (Å²) in [5.41, 5.74) is 0.752. The van der Waals surface area contributed by atoms with Crippen LogP contribution in [0.3, 0.4) is 0 Å². The van der Waals surface area contributed by atoms with E-state index < -0.39 is 5.97 Å². The quantitative estimate of drug-likeness (QED) is 0.876. The number of benzene rings is 1. The summed E-state index contributed by atoms with van der Waals surface area (Å²) in [4.78, 5) is 25.2. The van der Waals surface area contributed by atoms with Crippen molar-refractivity contribution in [3.8, 4) is 0 Å². The van der Waals surface area contributed by atoms with Gasteiger partial charge in [0.25, 0.3) is 5.91 Å². The Morgan fingerprint density at radius 3 is 2.25 bits per heavy atom. The molecule has 2 N–H and O–H groups in total. The molecule has 1 aromatic rings. The average Bonchev–Trinajstić information content (AvgIpc) is 2.49. The molecule has 5 heteroatoms. The number of hydrogen-bond acceptors (Lipinski definition) is 3. The van der Waals surface area contributed by atoms with E-state index in [-0.39, 0.29) is 17.5 Å². The maximum atomic E-state index is 12.5. The van der Waals surface area contributed by atoms with Gasteiger partial charge < -0.3 is 15.3 Å². The van der Waals surface area contributed by atoms with Crippen LogP contribution in [0.15, 0.2) is 24.3 Å². The minimum absolute atomic E-state index is 0.0173. The van der Waals surface area contributed by atoms with Gasteiger partial charge in [0.15, 0.2) is 0 Å². The van der Waals surface area contributed by atoms with Crippen LogP contribution in [0.5, 0.6) is 0 Å². The van der Waals surface area contributed by atoms with Crippen molar-refractivity contribution < 1.29 is 14.7 Å². The van der Waals surface area contributed by atoms with E-state index in [1.54, 1.807) is 12.1 Å². The molecule has 0 aromatic heterocycles. The van der Waals surface area contributed by atoms with Gasteiger partial charge in [0.05, 0.1) is 5.56 Å². The second kappa shape index (κ2) is 6.52. The molecular formula is C15H20N2O3. The van der Waals surface area contributed by atoms with Gasteiger partial charge in [0.2, 0.25) is 0 Å². The lowest BCUT2D eigenvalue weighted by molar-refractivity contribution is 0.0651. The number of carboxylic acids is 1. The van der Waals surface area contributed by atoms with Crippen molar-refractivity contribution in [3.05, 3.63) is 35.4 Å². The van der Waals surface area contributed by atoms with Gasteiger partial charge in [-0.3, -0.25) is 4.79 Å². The lowest BCUT2D eigenvalue weighted by Gasteiger charge is -2.34. The van der Waals surface area contributed by atoms with Crippen molar-refractivity contribution in [2.75, 3.05) is 19.6 Å². The summed E-state index contributed by atoms with van der Waals surface area (Å²) in [6, 6.07) is 6.41. The number of rotatable bonds is 4. The molecule has 0 unspecified atom stereocenters. The van der Waals surface area contributed by atoms with E-state index in [0.29, 0.717) is 12.1 Å². The van der Waals surface area contributed by atoms with Crippen LogP contribution in [0.25, 0.3) is 0 Å². The van der Waals surface area contributed by atoms with Gasteiger partial charge in [-0.15, -0.1) is 0 Å². The van der Waals surface area contributed by atoms with Gasteiger partial charge in [-0.25, -0.2) is 4.79 Å². The van der Waals surface area contributed by atoms with Gasteiger partial charge in [-0.1, -0.05) is 0 Å². The van der Waals surface area contributed by atoms with E-state index in [4.69, 9.17) is 5.11 Å². The molecule has 1 fully saturated rings. The molecular weight excluding hydrogens is 256 g/mol. The number of hydrogen-bond donors (Lipinski definition) is 2. The first kappa shape index (κ1) is 14.5. The highest BCUT2D eigenvalue weighted by Gasteiger charge is 2.24. The number of carbonyl (C=O) groups is 2. The molecule has 5 nitrogen and oxygen atoms in total. The van der Waals surface area contributed by atoms with Crippen LogP contribution in [-0.2, 0) is 0 Å². The molecule has 1 aliphatic heterocycles. The Bertz CT molecular complexity index is 478. The number of aromatic carboxylic acids is 1. The zero-order chi connectivity index (χ0) is 14.5. The fourth-order valence-electron chi connectivity index (χ4n) is 2.61. The Kier molecular flexibility index (Phi) is 4.74. The second-order valence-corrected chi connectivity index (χ2v) is 4.95. The third kappa shape index (κ3) is 3.17. The Hall–Kier alpha value is -1.88. The highest BCUT2D eigenvalue weighted by molar-refractivity contribution is 5.96. The maximum Gasteiger partial charge on any atom is 0.335 e. The minimum atomic E-state index is -0.977. The number of nitrogens with one attached hydrogen (secondary N) is 1. The number of amides is 1. The largest absolute Gasteiger partial charge is 0.478 e. The van der Waals surface area contributed by atoms with Crippen LogP contribution < -0.4 is 5.32 Å². The molecule has 1 aliphatic rings. The molecule has 1 heterocycles. The standard InChI is InChI=1S/C15H20N2O3/c1-2-17(13-7-9-16-10-8-13)14(18)11-3-5-12(6-4-11)15(19)20/h3-6,13,16H,2,7-10H2,1H3,(H,19,20). The SMILES string of the molecule is CCN(C(=O)c1ccc(C(=O)O)cc1)C1CCNCC1. The van der Waals surface area contributed by atoms with E-state index in [1.807, 2.05) is 11.8 Å². The highest BCUT2D eigenvalue weighted by Crippen LogP contribution is 2.16. The molecule has 1 amide bonds. The van der Waals surface area contributed by atoms with E-state index in [1.165, 1.54) is 12.1 Å². The van der Waals surface area contributed by atoms with Gasteiger partial charge >= 0.3 is 5.97 Å². The maximum absolute atomic E-state index is 12.5. The van der Waals surface area contributed by atoms with Crippen LogP contribution >= 0.6 is 0 Å². The first-order chi connectivity index (χ1) is 9.63. The Morgan fingerprint density at radius 1 is 1.20 bits per heavy atom. The molecule has 0 spiro atoms. The summed E-state index contributed by atoms with van der Waals surface area (Å²) in [6.07, 6.45) is 1.93. The zero-order valence-corrected chi connectivity index (χ0v) is 11.6. The summed E-state index contributed by atoms with van der Waals surface area (Å²) in [7, 11) is 0. The predicted octanol–water partition coefficient (Wildman–Crippen LogP) is 1.60. The van der Waals surface area contributed by atoms with Gasteiger partial charge in [-0.05, 0) is 57.1 Å². The number of piperidine rings is 1. The lowest BCUT2D eigenvalue weighted by Crippen LogP contribution is -2.46. The minimum Gasteiger partial charge on any atom is -0.478 e. The van der Waals surface area contributed by atoms with Crippen LogP contribution in [0.2, 0.25) is 0 Å². The van der Waals surface area contributed by atoms with Crippen LogP contribution in [0.4, 0.5) is 0 Å². The molecule has 0 saturated carbocycles. The monoisotopic (exact) mass is 276 g/mol. The van der Waals surface area contributed by atoms with Crippen molar-refractivity contribution in [2.45, 2.75) is 25.8 Å². The molecule has 0 bridgehead atoms. The Labute approximate surface area is 118 Å². The molecule has 0 aliphatic carbocycles. The van der Waals surface area contributed by atoms with E-state index in [9.17, 15) is 9.59 Å². The van der Waals surface area contributed by atoms with Crippen LogP contribution in [0.1, 0.15) is 40.5 Å². The Morgan fingerprint density at radius 2 is 1.75 bits per heavy atom. The topological polar surface area (TPSA) is 69.6 Å². The fraction of sp³-hybridized carbons (Fsp3) is 0.467. The summed E-state index contributed by atoms with van der Waals surface area (Å²) < 4.78 is 0. The van der Waals surface area contributed by atoms with Crippen molar-refractivity contribution in [3.63, 3.8) is 0 Å². The van der Waals surface area contributed by atoms with Crippen LogP contribution in [-0.4, -0.2) is 47.6 Å². The number of carbonyl (C=O) groups excluding carboxylic acids is 1. The lowest BCUT2D eigenvalue weighted by atomic mass is 10.0. The molecule has 1 saturated heterocycles. The van der Waals surface area contributed by atoms with Crippen molar-refractivity contribution >= 4 is 11.9 Å². The van der Waals surface area contributed by atoms with Crippen molar-refractivity contribution in [2.24, 2.45) is 0 Å². The number of nitrogens with zero attached hydrogens (tertiary/aromatic N) is 1. The molecule has 108 valence electrons. The van der Waals surface area contributed by atoms with Gasteiger partial charge in [0.1, 0.15) is 0 Å². The first-order valence-corrected chi connectivity index (χ1v) is 6.98. The van der Waals surface area contributed by atoms with Gasteiger partial charge in [-0.2, -0.15) is 0 Å². The van der Waals surface area contributed by atoms with E-state index in [2.05, 4.69) is 5.32 Å². The molecule has 0 radical (unpaired) electrons. The summed E-state index contributed by atoms with van der Waals surface area (Å²) in [5, 5.41) is 12.2. The fourth-order valence-corrected chi connectivity index (χ4v) is 2.61. The molecule has 2 rings (SSSR count). The summed E-state index contributed by atoms with van der Waals surface area (Å²) in [6.45, 7) is 4.52. The van der Waals surface area contributed by atoms with E-state index >= 15 is 0 Å². The molecule has 20 heavy (non-hydrogen) atoms. The van der Waals surface area contributed by atoms with Crippen molar-refractivity contribution in [1.82, 2.24) is 10.2 Å². The summed E-state index contributed by atoms with van der Waals surface area (Å²) in [5.74, 6) is -0.994. The smallest absolute Gasteiger partial charge is 0.335 e. The van der Waals surface area contributed by atoms with E-state index in [0.717, 1.165) is 25.9 Å².